The summed E-state index contributed by atoms with van der Waals surface area (Å²) in [6.07, 6.45) is 5.43. The number of nitrogens with one attached hydrogen (secondary N) is 1. The molecule has 0 heterocycles. The highest BCUT2D eigenvalue weighted by Crippen LogP contribution is 2.19. The van der Waals surface area contributed by atoms with Crippen LogP contribution in [-0.4, -0.2) is 12.6 Å². The van der Waals surface area contributed by atoms with Crippen molar-refractivity contribution in [2.24, 2.45) is 0 Å². The van der Waals surface area contributed by atoms with Gasteiger partial charge in [0.05, 0.1) is 6.61 Å². The fraction of sp³-hybridized carbons (Fsp3) is 0.429. The van der Waals surface area contributed by atoms with Gasteiger partial charge in [0.2, 0.25) is 0 Å². The van der Waals surface area contributed by atoms with E-state index in [-0.39, 0.29) is 0 Å². The van der Waals surface area contributed by atoms with Crippen LogP contribution in [0.3, 0.4) is 0 Å². The molecule has 86 valence electrons. The Morgan fingerprint density at radius 1 is 1.31 bits per heavy atom. The van der Waals surface area contributed by atoms with E-state index in [9.17, 15) is 0 Å². The first-order valence-corrected chi connectivity index (χ1v) is 5.94. The van der Waals surface area contributed by atoms with E-state index >= 15 is 0 Å². The molecule has 1 fully saturated rings. The predicted molar refractivity (Wildman–Crippen MR) is 66.6 cm³/mol. The second-order valence-electron chi connectivity index (χ2n) is 4.22. The standard InChI is InChI=1S/C14H19NO/c1-2-3-10-16-14-8-4-12(5-9-14)11-15-13-6-7-13/h2,4-5,8-9,13,15H,1,3,6-7,10-11H2. The topological polar surface area (TPSA) is 21.3 Å². The third kappa shape index (κ3) is 3.70. The van der Waals surface area contributed by atoms with Gasteiger partial charge in [-0.3, -0.25) is 0 Å². The summed E-state index contributed by atoms with van der Waals surface area (Å²) in [5.74, 6) is 0.942. The summed E-state index contributed by atoms with van der Waals surface area (Å²) >= 11 is 0. The largest absolute Gasteiger partial charge is 0.493 e. The molecule has 1 aromatic carbocycles. The molecule has 1 aromatic rings. The lowest BCUT2D eigenvalue weighted by Crippen LogP contribution is -2.15. The molecule has 0 amide bonds. The fourth-order valence-electron chi connectivity index (χ4n) is 1.51. The third-order valence-electron chi connectivity index (χ3n) is 2.69. The lowest BCUT2D eigenvalue weighted by molar-refractivity contribution is 0.325. The summed E-state index contributed by atoms with van der Waals surface area (Å²) in [4.78, 5) is 0. The monoisotopic (exact) mass is 217 g/mol. The van der Waals surface area contributed by atoms with Gasteiger partial charge in [-0.25, -0.2) is 0 Å². The van der Waals surface area contributed by atoms with Crippen molar-refractivity contribution in [1.29, 1.82) is 0 Å². The maximum atomic E-state index is 5.55. The van der Waals surface area contributed by atoms with Crippen LogP contribution in [0.5, 0.6) is 5.75 Å². The Labute approximate surface area is 97.3 Å². The van der Waals surface area contributed by atoms with E-state index in [0.29, 0.717) is 6.61 Å². The maximum absolute atomic E-state index is 5.55. The lowest BCUT2D eigenvalue weighted by Gasteiger charge is -2.06. The van der Waals surface area contributed by atoms with Crippen LogP contribution >= 0.6 is 0 Å². The van der Waals surface area contributed by atoms with Crippen LogP contribution in [0.4, 0.5) is 0 Å². The molecule has 1 aliphatic rings. The van der Waals surface area contributed by atoms with Crippen LogP contribution < -0.4 is 10.1 Å². The van der Waals surface area contributed by atoms with E-state index in [2.05, 4.69) is 24.0 Å². The summed E-state index contributed by atoms with van der Waals surface area (Å²) in [5.41, 5.74) is 1.32. The summed E-state index contributed by atoms with van der Waals surface area (Å²) < 4.78 is 5.55. The normalized spacial score (nSPS) is 14.8. The molecule has 2 rings (SSSR count). The Hall–Kier alpha value is -1.28. The van der Waals surface area contributed by atoms with Gasteiger partial charge in [-0.1, -0.05) is 18.2 Å². The molecule has 1 saturated carbocycles. The predicted octanol–water partition coefficient (Wildman–Crippen LogP) is 2.89. The van der Waals surface area contributed by atoms with Crippen molar-refractivity contribution >= 4 is 0 Å². The molecule has 2 heteroatoms. The van der Waals surface area contributed by atoms with E-state index in [0.717, 1.165) is 24.8 Å². The molecule has 0 spiro atoms. The van der Waals surface area contributed by atoms with Gasteiger partial charge in [0, 0.05) is 12.6 Å². The Bertz CT molecular complexity index is 327. The van der Waals surface area contributed by atoms with Crippen LogP contribution in [0, 0.1) is 0 Å². The minimum absolute atomic E-state index is 0.711. The zero-order valence-electron chi connectivity index (χ0n) is 9.61. The van der Waals surface area contributed by atoms with E-state index in [1.807, 2.05) is 18.2 Å². The number of benzene rings is 1. The van der Waals surface area contributed by atoms with Gasteiger partial charge < -0.3 is 10.1 Å². The summed E-state index contributed by atoms with van der Waals surface area (Å²) in [6, 6.07) is 9.08. The number of hydrogen-bond acceptors (Lipinski definition) is 2. The molecule has 1 aliphatic carbocycles. The van der Waals surface area contributed by atoms with E-state index in [1.165, 1.54) is 18.4 Å². The zero-order valence-corrected chi connectivity index (χ0v) is 9.61. The first-order chi connectivity index (χ1) is 7.88. The molecule has 0 unspecified atom stereocenters. The quantitative estimate of drug-likeness (QED) is 0.560. The molecule has 0 saturated heterocycles. The average molecular weight is 217 g/mol. The highest BCUT2D eigenvalue weighted by molar-refractivity contribution is 5.27. The number of ether oxygens (including phenoxy) is 1. The van der Waals surface area contributed by atoms with Gasteiger partial charge in [-0.15, -0.1) is 6.58 Å². The summed E-state index contributed by atoms with van der Waals surface area (Å²) in [7, 11) is 0. The average Bonchev–Trinajstić information content (AvgIpc) is 3.12. The van der Waals surface area contributed by atoms with Gasteiger partial charge in [0.1, 0.15) is 5.75 Å². The SMILES string of the molecule is C=CCCOc1ccc(CNC2CC2)cc1. The first kappa shape index (κ1) is 11.2. The molecule has 16 heavy (non-hydrogen) atoms. The Morgan fingerprint density at radius 3 is 2.69 bits per heavy atom. The van der Waals surface area contributed by atoms with Gasteiger partial charge >= 0.3 is 0 Å². The molecule has 0 radical (unpaired) electrons. The fourth-order valence-corrected chi connectivity index (χ4v) is 1.51. The molecule has 0 aliphatic heterocycles. The molecule has 1 N–H and O–H groups in total. The second kappa shape index (κ2) is 5.71. The highest BCUT2D eigenvalue weighted by atomic mass is 16.5. The van der Waals surface area contributed by atoms with Crippen molar-refractivity contribution < 1.29 is 4.74 Å². The third-order valence-corrected chi connectivity index (χ3v) is 2.69. The van der Waals surface area contributed by atoms with Crippen LogP contribution in [0.15, 0.2) is 36.9 Å². The molecule has 2 nitrogen and oxygen atoms in total. The van der Waals surface area contributed by atoms with E-state index in [1.54, 1.807) is 0 Å². The minimum Gasteiger partial charge on any atom is -0.493 e. The maximum Gasteiger partial charge on any atom is 0.119 e. The van der Waals surface area contributed by atoms with Gasteiger partial charge in [-0.05, 0) is 37.0 Å². The van der Waals surface area contributed by atoms with Crippen molar-refractivity contribution in [3.05, 3.63) is 42.5 Å². The van der Waals surface area contributed by atoms with Gasteiger partial charge in [-0.2, -0.15) is 0 Å². The van der Waals surface area contributed by atoms with Crippen molar-refractivity contribution in [2.75, 3.05) is 6.61 Å². The zero-order chi connectivity index (χ0) is 11.2. The summed E-state index contributed by atoms with van der Waals surface area (Å²) in [5, 5.41) is 3.49. The molecular formula is C14H19NO. The molecular weight excluding hydrogens is 198 g/mol. The van der Waals surface area contributed by atoms with E-state index < -0.39 is 0 Å². The Morgan fingerprint density at radius 2 is 2.06 bits per heavy atom. The molecule has 0 aromatic heterocycles. The van der Waals surface area contributed by atoms with Crippen molar-refractivity contribution in [2.45, 2.75) is 31.8 Å². The minimum atomic E-state index is 0.711. The Balaban J connectivity index is 1.76. The van der Waals surface area contributed by atoms with Crippen LogP contribution in [0.1, 0.15) is 24.8 Å². The van der Waals surface area contributed by atoms with Crippen LogP contribution in [0.25, 0.3) is 0 Å². The van der Waals surface area contributed by atoms with Crippen molar-refractivity contribution in [3.63, 3.8) is 0 Å². The van der Waals surface area contributed by atoms with Crippen LogP contribution in [-0.2, 0) is 6.54 Å². The van der Waals surface area contributed by atoms with Gasteiger partial charge in [0.25, 0.3) is 0 Å². The highest BCUT2D eigenvalue weighted by Gasteiger charge is 2.19. The number of hydrogen-bond donors (Lipinski definition) is 1. The summed E-state index contributed by atoms with van der Waals surface area (Å²) in [6.45, 7) is 5.35. The molecule has 0 bridgehead atoms. The molecule has 0 atom stereocenters. The lowest BCUT2D eigenvalue weighted by atomic mass is 10.2. The Kier molecular flexibility index (Phi) is 4.00. The first-order valence-electron chi connectivity index (χ1n) is 5.94. The number of rotatable bonds is 7. The second-order valence-corrected chi connectivity index (χ2v) is 4.22. The van der Waals surface area contributed by atoms with E-state index in [4.69, 9.17) is 4.74 Å². The van der Waals surface area contributed by atoms with Crippen LogP contribution in [0.2, 0.25) is 0 Å². The van der Waals surface area contributed by atoms with Crippen molar-refractivity contribution in [3.8, 4) is 5.75 Å². The van der Waals surface area contributed by atoms with Gasteiger partial charge in [0.15, 0.2) is 0 Å². The smallest absolute Gasteiger partial charge is 0.119 e. The van der Waals surface area contributed by atoms with Crippen molar-refractivity contribution in [1.82, 2.24) is 5.32 Å².